The summed E-state index contributed by atoms with van der Waals surface area (Å²) in [5.74, 6) is -0.288. The zero-order valence-corrected chi connectivity index (χ0v) is 15.5. The van der Waals surface area contributed by atoms with Crippen molar-refractivity contribution in [2.45, 2.75) is 12.7 Å². The summed E-state index contributed by atoms with van der Waals surface area (Å²) in [7, 11) is 0. The van der Waals surface area contributed by atoms with Crippen LogP contribution in [0.1, 0.15) is 21.6 Å². The molecule has 138 valence electrons. The molecule has 27 heavy (non-hydrogen) atoms. The van der Waals surface area contributed by atoms with Crippen molar-refractivity contribution in [3.63, 3.8) is 0 Å². The van der Waals surface area contributed by atoms with Crippen LogP contribution < -0.4 is 16.6 Å². The van der Waals surface area contributed by atoms with Crippen LogP contribution in [-0.4, -0.2) is 27.0 Å². The molecule has 0 atom stereocenters. The second-order valence-electron chi connectivity index (χ2n) is 5.97. The molecule has 0 saturated heterocycles. The van der Waals surface area contributed by atoms with E-state index in [1.807, 2.05) is 13.0 Å². The molecule has 0 bridgehead atoms. The van der Waals surface area contributed by atoms with Crippen LogP contribution in [0.4, 0.5) is 5.69 Å². The minimum absolute atomic E-state index is 0.154. The van der Waals surface area contributed by atoms with E-state index in [0.29, 0.717) is 22.8 Å². The monoisotopic (exact) mass is 382 g/mol. The van der Waals surface area contributed by atoms with Gasteiger partial charge in [0, 0.05) is 18.0 Å². The predicted octanol–water partition coefficient (Wildman–Crippen LogP) is 1.97. The molecule has 0 saturated carbocycles. The average molecular weight is 382 g/mol. The zero-order valence-electron chi connectivity index (χ0n) is 14.6. The van der Waals surface area contributed by atoms with Gasteiger partial charge in [-0.1, -0.05) is 18.2 Å². The number of primary amides is 1. The molecule has 3 N–H and O–H groups in total. The van der Waals surface area contributed by atoms with Gasteiger partial charge < -0.3 is 11.1 Å². The molecule has 0 fully saturated rings. The van der Waals surface area contributed by atoms with Crippen LogP contribution in [0.15, 0.2) is 53.5 Å². The predicted molar refractivity (Wildman–Crippen MR) is 106 cm³/mol. The molecule has 0 spiro atoms. The third-order valence-corrected chi connectivity index (χ3v) is 4.78. The van der Waals surface area contributed by atoms with E-state index in [9.17, 15) is 14.4 Å². The number of thioether (sulfide) groups is 1. The number of carbonyl (C=O) groups is 2. The van der Waals surface area contributed by atoms with Crippen LogP contribution in [0.3, 0.4) is 0 Å². The fourth-order valence-electron chi connectivity index (χ4n) is 2.57. The number of nitrogens with two attached hydrogens (primary N) is 1. The summed E-state index contributed by atoms with van der Waals surface area (Å²) in [5.41, 5.74) is 7.95. The van der Waals surface area contributed by atoms with Crippen molar-refractivity contribution in [2.24, 2.45) is 5.73 Å². The number of anilines is 1. The number of aryl methyl sites for hydroxylation is 1. The van der Waals surface area contributed by atoms with Gasteiger partial charge in [0.2, 0.25) is 5.91 Å². The molecule has 0 unspecified atom stereocenters. The Bertz CT molecular complexity index is 1080. The van der Waals surface area contributed by atoms with Gasteiger partial charge in [-0.15, -0.1) is 11.8 Å². The van der Waals surface area contributed by atoms with E-state index in [2.05, 4.69) is 10.3 Å². The van der Waals surface area contributed by atoms with Gasteiger partial charge in [-0.2, -0.15) is 0 Å². The van der Waals surface area contributed by atoms with Crippen LogP contribution in [0, 0.1) is 6.92 Å². The molecular formula is C19H18N4O3S. The molecule has 2 aromatic heterocycles. The molecule has 7 nitrogen and oxygen atoms in total. The van der Waals surface area contributed by atoms with Gasteiger partial charge in [0.25, 0.3) is 11.5 Å². The van der Waals surface area contributed by atoms with E-state index in [4.69, 9.17) is 5.73 Å². The fraction of sp³-hybridized carbons (Fsp3) is 0.158. The van der Waals surface area contributed by atoms with Gasteiger partial charge in [-0.25, -0.2) is 4.98 Å². The molecule has 0 aliphatic rings. The summed E-state index contributed by atoms with van der Waals surface area (Å²) in [5, 5.41) is 2.68. The lowest BCUT2D eigenvalue weighted by atomic mass is 10.1. The van der Waals surface area contributed by atoms with E-state index < -0.39 is 5.91 Å². The Hall–Kier alpha value is -3.13. The molecular weight excluding hydrogens is 364 g/mol. The van der Waals surface area contributed by atoms with Crippen molar-refractivity contribution in [1.29, 1.82) is 0 Å². The molecule has 0 aliphatic heterocycles. The number of rotatable bonds is 6. The molecule has 3 aromatic rings. The first-order valence-electron chi connectivity index (χ1n) is 8.19. The fourth-order valence-corrected chi connectivity index (χ4v) is 3.29. The highest BCUT2D eigenvalue weighted by molar-refractivity contribution is 7.99. The number of carbonyl (C=O) groups excluding carboxylic acids is 2. The molecule has 0 radical (unpaired) electrons. The highest BCUT2D eigenvalue weighted by Crippen LogP contribution is 2.16. The van der Waals surface area contributed by atoms with E-state index >= 15 is 0 Å². The van der Waals surface area contributed by atoms with Crippen LogP contribution in [0.25, 0.3) is 5.65 Å². The van der Waals surface area contributed by atoms with Crippen molar-refractivity contribution < 1.29 is 9.59 Å². The Morgan fingerprint density at radius 1 is 1.22 bits per heavy atom. The summed E-state index contributed by atoms with van der Waals surface area (Å²) >= 11 is 1.33. The molecule has 8 heteroatoms. The van der Waals surface area contributed by atoms with Crippen molar-refractivity contribution >= 4 is 34.9 Å². The topological polar surface area (TPSA) is 107 Å². The van der Waals surface area contributed by atoms with E-state index in [0.717, 1.165) is 5.56 Å². The number of nitrogens with one attached hydrogen (secondary N) is 1. The number of hydrogen-bond acceptors (Lipinski definition) is 5. The average Bonchev–Trinajstić information content (AvgIpc) is 2.62. The molecule has 0 aliphatic carbocycles. The van der Waals surface area contributed by atoms with Crippen LogP contribution in [0.2, 0.25) is 0 Å². The van der Waals surface area contributed by atoms with Gasteiger partial charge >= 0.3 is 0 Å². The third-order valence-electron chi connectivity index (χ3n) is 3.81. The summed E-state index contributed by atoms with van der Waals surface area (Å²) < 4.78 is 1.50. The Morgan fingerprint density at radius 3 is 2.78 bits per heavy atom. The summed E-state index contributed by atoms with van der Waals surface area (Å²) in [6.07, 6.45) is 1.74. The van der Waals surface area contributed by atoms with Crippen LogP contribution >= 0.6 is 11.8 Å². The molecule has 1 aromatic carbocycles. The number of hydrogen-bond donors (Lipinski definition) is 2. The van der Waals surface area contributed by atoms with E-state index in [-0.39, 0.29) is 22.8 Å². The number of aromatic nitrogens is 2. The van der Waals surface area contributed by atoms with Gasteiger partial charge in [0.1, 0.15) is 5.65 Å². The van der Waals surface area contributed by atoms with Gasteiger partial charge in [0.05, 0.1) is 22.7 Å². The van der Waals surface area contributed by atoms with Crippen molar-refractivity contribution in [3.8, 4) is 0 Å². The Morgan fingerprint density at radius 2 is 2.00 bits per heavy atom. The number of pyridine rings is 1. The second-order valence-corrected chi connectivity index (χ2v) is 6.96. The van der Waals surface area contributed by atoms with Crippen LogP contribution in [0.5, 0.6) is 0 Å². The summed E-state index contributed by atoms with van der Waals surface area (Å²) in [4.78, 5) is 40.1. The van der Waals surface area contributed by atoms with Crippen molar-refractivity contribution in [1.82, 2.24) is 9.38 Å². The molecule has 3 rings (SSSR count). The number of nitrogens with zero attached hydrogens (tertiary/aromatic N) is 2. The maximum absolute atomic E-state index is 12.2. The Labute approximate surface area is 159 Å². The summed E-state index contributed by atoms with van der Waals surface area (Å²) in [6.45, 7) is 1.91. The first kappa shape index (κ1) is 18.7. The largest absolute Gasteiger partial charge is 0.366 e. The lowest BCUT2D eigenvalue weighted by Crippen LogP contribution is -2.19. The third kappa shape index (κ3) is 4.53. The first-order valence-corrected chi connectivity index (χ1v) is 9.35. The van der Waals surface area contributed by atoms with Gasteiger partial charge in [-0.3, -0.25) is 18.8 Å². The van der Waals surface area contributed by atoms with Crippen molar-refractivity contribution in [2.75, 3.05) is 11.1 Å². The zero-order chi connectivity index (χ0) is 19.4. The first-order chi connectivity index (χ1) is 12.9. The quantitative estimate of drug-likeness (QED) is 0.678. The highest BCUT2D eigenvalue weighted by atomic mass is 32.2. The van der Waals surface area contributed by atoms with Crippen molar-refractivity contribution in [3.05, 3.63) is 75.8 Å². The smallest absolute Gasteiger partial charge is 0.258 e. The second kappa shape index (κ2) is 8.05. The molecule has 2 heterocycles. The van der Waals surface area contributed by atoms with Crippen LogP contribution in [-0.2, 0) is 10.5 Å². The van der Waals surface area contributed by atoms with Gasteiger partial charge in [-0.05, 0) is 30.7 Å². The Kier molecular flexibility index (Phi) is 5.56. The number of para-hydroxylation sites is 1. The minimum Gasteiger partial charge on any atom is -0.366 e. The lowest BCUT2D eigenvalue weighted by Gasteiger charge is -2.09. The lowest BCUT2D eigenvalue weighted by molar-refractivity contribution is -0.113. The minimum atomic E-state index is -0.602. The van der Waals surface area contributed by atoms with Gasteiger partial charge in [0.15, 0.2) is 0 Å². The Balaban J connectivity index is 1.62. The standard InChI is InChI=1S/C19H18N4O3S/c1-12-6-7-16-21-13(8-18(25)23(16)9-12)10-27-11-17(24)22-15-5-3-2-4-14(15)19(20)26/h2-9H,10-11H2,1H3,(H2,20,26)(H,22,24). The number of fused-ring (bicyclic) bond motifs is 1. The normalized spacial score (nSPS) is 10.7. The van der Waals surface area contributed by atoms with E-state index in [1.54, 1.807) is 36.5 Å². The number of benzene rings is 1. The highest BCUT2D eigenvalue weighted by Gasteiger charge is 2.11. The summed E-state index contributed by atoms with van der Waals surface area (Å²) in [6, 6.07) is 11.7. The SMILES string of the molecule is Cc1ccc2nc(CSCC(=O)Nc3ccccc3C(N)=O)cc(=O)n2c1. The number of amides is 2. The van der Waals surface area contributed by atoms with E-state index in [1.165, 1.54) is 22.2 Å². The molecule has 2 amide bonds. The maximum atomic E-state index is 12.2. The maximum Gasteiger partial charge on any atom is 0.258 e.